The second-order valence-corrected chi connectivity index (χ2v) is 11.9. The summed E-state index contributed by atoms with van der Waals surface area (Å²) in [6.45, 7) is 3.86. The molecule has 0 fully saturated rings. The van der Waals surface area contributed by atoms with Crippen molar-refractivity contribution in [2.75, 3.05) is 31.9 Å². The molecule has 0 aliphatic carbocycles. The molecule has 0 spiro atoms. The molecule has 0 aromatic rings. The number of methoxy groups -OCH3 is 1. The molecule has 122 valence electrons. The molecular formula is C16H32N3OP. The number of ether oxygens (including phenoxy) is 1. The van der Waals surface area contributed by atoms with Crippen LogP contribution >= 0.6 is 6.75 Å². The van der Waals surface area contributed by atoms with E-state index in [0.29, 0.717) is 6.35 Å². The molecule has 0 heterocycles. The average Bonchev–Trinajstić information content (AvgIpc) is 2.51. The van der Waals surface area contributed by atoms with Gasteiger partial charge in [0.2, 0.25) is 0 Å². The van der Waals surface area contributed by atoms with E-state index < -0.39 is 6.75 Å². The van der Waals surface area contributed by atoms with Crippen LogP contribution in [0.4, 0.5) is 0 Å². The summed E-state index contributed by atoms with van der Waals surface area (Å²) in [4.78, 5) is 0. The van der Waals surface area contributed by atoms with Gasteiger partial charge in [0.25, 0.3) is 0 Å². The summed E-state index contributed by atoms with van der Waals surface area (Å²) < 4.78 is 7.08. The number of rotatable bonds is 12. The van der Waals surface area contributed by atoms with E-state index in [1.807, 2.05) is 0 Å². The summed E-state index contributed by atoms with van der Waals surface area (Å²) in [5, 5.41) is 19.2. The predicted octanol–water partition coefficient (Wildman–Crippen LogP) is 4.72. The van der Waals surface area contributed by atoms with E-state index in [-0.39, 0.29) is 0 Å². The van der Waals surface area contributed by atoms with Gasteiger partial charge in [0.15, 0.2) is 0 Å². The van der Waals surface area contributed by atoms with Crippen LogP contribution in [-0.4, -0.2) is 36.6 Å². The molecule has 0 aliphatic heterocycles. The normalized spacial score (nSPS) is 13.0. The third-order valence-electron chi connectivity index (χ3n) is 4.47. The van der Waals surface area contributed by atoms with Crippen molar-refractivity contribution < 1.29 is 4.74 Å². The van der Waals surface area contributed by atoms with Crippen LogP contribution in [-0.2, 0) is 4.74 Å². The Bertz CT molecular complexity index is 334. The first kappa shape index (κ1) is 20.2. The van der Waals surface area contributed by atoms with Crippen molar-refractivity contribution in [1.29, 1.82) is 10.5 Å². The Morgan fingerprint density at radius 2 is 1.24 bits per heavy atom. The molecule has 0 aromatic heterocycles. The number of nitrogens with zero attached hydrogens (tertiary/aromatic N) is 3. The van der Waals surface area contributed by atoms with Gasteiger partial charge in [-0.1, -0.05) is 0 Å². The van der Waals surface area contributed by atoms with Crippen LogP contribution < -0.4 is 0 Å². The van der Waals surface area contributed by atoms with Crippen molar-refractivity contribution in [3.05, 3.63) is 0 Å². The fraction of sp³-hybridized carbons (Fsp3) is 0.875. The molecule has 5 heteroatoms. The summed E-state index contributed by atoms with van der Waals surface area (Å²) in [5.74, 6) is 0. The molecule has 0 aromatic carbocycles. The summed E-state index contributed by atoms with van der Waals surface area (Å²) >= 11 is 0. The molecule has 0 unspecified atom stereocenters. The number of nitriles is 2. The molecule has 0 amide bonds. The van der Waals surface area contributed by atoms with Gasteiger partial charge in [-0.05, 0) is 0 Å². The summed E-state index contributed by atoms with van der Waals surface area (Å²) in [6, 6.07) is 0. The van der Waals surface area contributed by atoms with Gasteiger partial charge in [0.1, 0.15) is 0 Å². The van der Waals surface area contributed by atoms with E-state index in [1.165, 1.54) is 4.67 Å². The number of unbranched alkanes of at least 4 members (excludes halogenated alkanes) is 3. The van der Waals surface area contributed by atoms with Gasteiger partial charge in [-0.25, -0.2) is 0 Å². The molecule has 0 bridgehead atoms. The minimum atomic E-state index is -2.64. The Hall–Kier alpha value is -0.830. The Labute approximate surface area is 131 Å². The van der Waals surface area contributed by atoms with Crippen molar-refractivity contribution in [1.82, 2.24) is 4.67 Å². The van der Waals surface area contributed by atoms with Crippen LogP contribution in [0, 0.1) is 22.9 Å². The van der Waals surface area contributed by atoms with Crippen molar-refractivity contribution in [3.8, 4) is 12.4 Å². The molecule has 21 heavy (non-hydrogen) atoms. The molecule has 4 nitrogen and oxygen atoms in total. The van der Waals surface area contributed by atoms with Gasteiger partial charge in [-0.3, -0.25) is 0 Å². The van der Waals surface area contributed by atoms with E-state index >= 15 is 0 Å². The van der Waals surface area contributed by atoms with Crippen LogP contribution in [0.15, 0.2) is 0 Å². The van der Waals surface area contributed by atoms with Gasteiger partial charge in [0, 0.05) is 0 Å². The van der Waals surface area contributed by atoms with Crippen molar-refractivity contribution in [3.63, 3.8) is 0 Å². The molecule has 0 radical (unpaired) electrons. The van der Waals surface area contributed by atoms with E-state index in [9.17, 15) is 10.5 Å². The van der Waals surface area contributed by atoms with Gasteiger partial charge >= 0.3 is 130 Å². The monoisotopic (exact) mass is 313 g/mol. The zero-order valence-electron chi connectivity index (χ0n) is 14.3. The quantitative estimate of drug-likeness (QED) is 0.297. The third kappa shape index (κ3) is 4.84. The Kier molecular flexibility index (Phi) is 9.60. The topological polar surface area (TPSA) is 60.0 Å². The van der Waals surface area contributed by atoms with Crippen LogP contribution in [0.2, 0.25) is 0 Å². The Morgan fingerprint density at radius 3 is 1.48 bits per heavy atom. The first-order valence-corrected chi connectivity index (χ1v) is 11.1. The van der Waals surface area contributed by atoms with Crippen molar-refractivity contribution >= 4 is 6.75 Å². The van der Waals surface area contributed by atoms with Crippen LogP contribution in [0.3, 0.4) is 0 Å². The van der Waals surface area contributed by atoms with Gasteiger partial charge in [-0.15, -0.1) is 0 Å². The van der Waals surface area contributed by atoms with E-state index in [0.717, 1.165) is 57.0 Å². The van der Waals surface area contributed by atoms with Gasteiger partial charge in [-0.2, -0.15) is 0 Å². The van der Waals surface area contributed by atoms with E-state index in [2.05, 4.69) is 33.2 Å². The van der Waals surface area contributed by atoms with Gasteiger partial charge in [0.05, 0.1) is 0 Å². The maximum atomic E-state index is 9.58. The van der Waals surface area contributed by atoms with Crippen molar-refractivity contribution in [2.24, 2.45) is 0 Å². The first-order valence-electron chi connectivity index (χ1n) is 8.18. The van der Waals surface area contributed by atoms with Crippen molar-refractivity contribution in [2.45, 2.75) is 59.3 Å². The Balaban J connectivity index is 5.84. The standard InChI is InChI=1S/C16H32N3OP/c1-5-8-11-21(16-20-4,12-9-6-2,13-10-7-3)19(14-17)15-18/h5-13,16H2,1-4H3. The molecule has 0 aliphatic rings. The summed E-state index contributed by atoms with van der Waals surface area (Å²) in [5.41, 5.74) is 0. The second-order valence-electron chi connectivity index (χ2n) is 6.07. The van der Waals surface area contributed by atoms with Crippen LogP contribution in [0.5, 0.6) is 0 Å². The van der Waals surface area contributed by atoms with E-state index in [1.54, 1.807) is 7.11 Å². The predicted molar refractivity (Wildman–Crippen MR) is 91.2 cm³/mol. The molecule has 0 saturated heterocycles. The molecule has 0 N–H and O–H groups in total. The average molecular weight is 313 g/mol. The Morgan fingerprint density at radius 1 is 0.857 bits per heavy atom. The SMILES string of the molecule is CCCCP(CCCC)(CCCC)(COC)N(C#N)C#N. The molecule has 0 atom stereocenters. The zero-order chi connectivity index (χ0) is 16.2. The fourth-order valence-electron chi connectivity index (χ4n) is 3.19. The third-order valence-corrected chi connectivity index (χ3v) is 11.1. The first-order chi connectivity index (χ1) is 10.1. The number of hydrogen-bond acceptors (Lipinski definition) is 4. The van der Waals surface area contributed by atoms with Gasteiger partial charge < -0.3 is 0 Å². The van der Waals surface area contributed by atoms with Crippen LogP contribution in [0.1, 0.15) is 59.3 Å². The molecule has 0 rings (SSSR count). The molecular weight excluding hydrogens is 281 g/mol. The maximum absolute atomic E-state index is 9.58. The second kappa shape index (κ2) is 9.99. The van der Waals surface area contributed by atoms with Crippen LogP contribution in [0.25, 0.3) is 0 Å². The molecule has 0 saturated carbocycles. The zero-order valence-corrected chi connectivity index (χ0v) is 15.2. The minimum absolute atomic E-state index is 0.576. The summed E-state index contributed by atoms with van der Waals surface area (Å²) in [6.07, 6.45) is 14.3. The fourth-order valence-corrected chi connectivity index (χ4v) is 9.51. The summed E-state index contributed by atoms with van der Waals surface area (Å²) in [7, 11) is 1.71. The van der Waals surface area contributed by atoms with E-state index in [4.69, 9.17) is 4.74 Å². The number of hydrogen-bond donors (Lipinski definition) is 0.